The van der Waals surface area contributed by atoms with E-state index in [1.165, 1.54) is 25.5 Å². The van der Waals surface area contributed by atoms with Crippen molar-refractivity contribution in [2.45, 2.75) is 13.8 Å². The number of amides is 1. The molecule has 1 N–H and O–H groups in total. The smallest absolute Gasteiger partial charge is 0.318 e. The van der Waals surface area contributed by atoms with Gasteiger partial charge in [0.1, 0.15) is 5.75 Å². The second-order valence-corrected chi connectivity index (χ2v) is 7.48. The Labute approximate surface area is 205 Å². The number of non-ortho nitro benzene ring substituents is 1. The fourth-order valence-corrected chi connectivity index (χ4v) is 3.19. The number of hydrogen-bond acceptors (Lipinski definition) is 9. The molecule has 0 fully saturated rings. The van der Waals surface area contributed by atoms with Crippen molar-refractivity contribution in [1.29, 1.82) is 0 Å². The number of nitro benzene ring substituents is 2. The fraction of sp³-hybridized carbons (Fsp3) is 0.167. The molecule has 0 heterocycles. The van der Waals surface area contributed by atoms with Crippen molar-refractivity contribution >= 4 is 23.5 Å². The molecule has 0 unspecified atom stereocenters. The van der Waals surface area contributed by atoms with Gasteiger partial charge in [-0.2, -0.15) is 5.10 Å². The zero-order valence-electron chi connectivity index (χ0n) is 19.6. The molecule has 3 aromatic rings. The van der Waals surface area contributed by atoms with Gasteiger partial charge in [0.15, 0.2) is 18.1 Å². The highest BCUT2D eigenvalue weighted by atomic mass is 16.6. The van der Waals surface area contributed by atoms with Crippen LogP contribution < -0.4 is 19.6 Å². The molecule has 0 aliphatic carbocycles. The second kappa shape index (κ2) is 11.4. The zero-order valence-corrected chi connectivity index (χ0v) is 19.6. The van der Waals surface area contributed by atoms with Crippen LogP contribution in [0.2, 0.25) is 0 Å². The maximum atomic E-state index is 12.1. The molecule has 186 valence electrons. The lowest BCUT2D eigenvalue weighted by Crippen LogP contribution is -2.25. The summed E-state index contributed by atoms with van der Waals surface area (Å²) in [6, 6.07) is 13.3. The third-order valence-corrected chi connectivity index (χ3v) is 4.92. The number of ether oxygens (including phenoxy) is 3. The maximum Gasteiger partial charge on any atom is 0.318 e. The van der Waals surface area contributed by atoms with Crippen LogP contribution in [0, 0.1) is 34.1 Å². The summed E-state index contributed by atoms with van der Waals surface area (Å²) >= 11 is 0. The van der Waals surface area contributed by atoms with Crippen LogP contribution in [-0.2, 0) is 4.79 Å². The summed E-state index contributed by atoms with van der Waals surface area (Å²) in [4.78, 5) is 32.8. The molecular formula is C24H22N4O8. The normalized spacial score (nSPS) is 10.6. The molecular weight excluding hydrogens is 472 g/mol. The van der Waals surface area contributed by atoms with Crippen LogP contribution in [0.25, 0.3) is 0 Å². The zero-order chi connectivity index (χ0) is 26.2. The predicted molar refractivity (Wildman–Crippen MR) is 130 cm³/mol. The van der Waals surface area contributed by atoms with Gasteiger partial charge in [0, 0.05) is 6.07 Å². The number of carbonyl (C=O) groups excluding carboxylic acids is 1. The van der Waals surface area contributed by atoms with Crippen molar-refractivity contribution in [3.8, 4) is 23.0 Å². The molecule has 3 aromatic carbocycles. The van der Waals surface area contributed by atoms with Crippen molar-refractivity contribution in [2.24, 2.45) is 5.10 Å². The number of methoxy groups -OCH3 is 1. The molecule has 12 heteroatoms. The Balaban J connectivity index is 1.67. The fourth-order valence-electron chi connectivity index (χ4n) is 3.19. The lowest BCUT2D eigenvalue weighted by Gasteiger charge is -2.11. The van der Waals surface area contributed by atoms with Crippen LogP contribution in [0.3, 0.4) is 0 Å². The minimum Gasteiger partial charge on any atom is -0.493 e. The van der Waals surface area contributed by atoms with Crippen LogP contribution in [0.1, 0.15) is 16.7 Å². The monoisotopic (exact) mass is 494 g/mol. The number of benzene rings is 3. The number of carbonyl (C=O) groups is 1. The average Bonchev–Trinajstić information content (AvgIpc) is 2.84. The van der Waals surface area contributed by atoms with Gasteiger partial charge in [-0.25, -0.2) is 5.43 Å². The van der Waals surface area contributed by atoms with Gasteiger partial charge in [-0.15, -0.1) is 0 Å². The third kappa shape index (κ3) is 6.32. The summed E-state index contributed by atoms with van der Waals surface area (Å²) < 4.78 is 16.5. The van der Waals surface area contributed by atoms with Crippen molar-refractivity contribution in [1.82, 2.24) is 5.43 Å². The minimum atomic E-state index is -0.775. The van der Waals surface area contributed by atoms with E-state index in [4.69, 9.17) is 14.2 Å². The van der Waals surface area contributed by atoms with E-state index in [0.717, 1.165) is 29.3 Å². The van der Waals surface area contributed by atoms with Crippen LogP contribution in [0.15, 0.2) is 59.7 Å². The Morgan fingerprint density at radius 2 is 1.67 bits per heavy atom. The first-order valence-electron chi connectivity index (χ1n) is 10.5. The maximum absolute atomic E-state index is 12.1. The van der Waals surface area contributed by atoms with Crippen molar-refractivity contribution in [3.63, 3.8) is 0 Å². The summed E-state index contributed by atoms with van der Waals surface area (Å²) in [6.45, 7) is 3.56. The Bertz CT molecular complexity index is 1320. The Kier molecular flexibility index (Phi) is 8.13. The summed E-state index contributed by atoms with van der Waals surface area (Å²) in [5.41, 5.74) is 3.74. The number of nitrogens with zero attached hydrogens (tertiary/aromatic N) is 3. The molecule has 0 aliphatic rings. The lowest BCUT2D eigenvalue weighted by atomic mass is 10.1. The molecule has 0 radical (unpaired) electrons. The molecule has 0 aromatic heterocycles. The summed E-state index contributed by atoms with van der Waals surface area (Å²) in [7, 11) is 1.38. The van der Waals surface area contributed by atoms with Crippen molar-refractivity contribution < 1.29 is 28.9 Å². The number of hydrazone groups is 1. The molecule has 0 spiro atoms. The molecule has 0 aliphatic heterocycles. The Morgan fingerprint density at radius 1 is 0.972 bits per heavy atom. The molecule has 0 bridgehead atoms. The number of para-hydroxylation sites is 1. The largest absolute Gasteiger partial charge is 0.493 e. The molecule has 0 saturated heterocycles. The Hall–Kier alpha value is -5.00. The van der Waals surface area contributed by atoms with Gasteiger partial charge in [-0.1, -0.05) is 18.2 Å². The van der Waals surface area contributed by atoms with E-state index < -0.39 is 27.1 Å². The van der Waals surface area contributed by atoms with Crippen LogP contribution in [-0.4, -0.2) is 35.7 Å². The van der Waals surface area contributed by atoms with Gasteiger partial charge in [-0.05, 0) is 54.8 Å². The molecule has 3 rings (SSSR count). The van der Waals surface area contributed by atoms with Crippen molar-refractivity contribution in [3.05, 3.63) is 91.5 Å². The molecule has 12 nitrogen and oxygen atoms in total. The van der Waals surface area contributed by atoms with E-state index in [1.54, 1.807) is 6.07 Å². The first kappa shape index (κ1) is 25.6. The van der Waals surface area contributed by atoms with Gasteiger partial charge < -0.3 is 14.2 Å². The lowest BCUT2D eigenvalue weighted by molar-refractivity contribution is -0.394. The van der Waals surface area contributed by atoms with Crippen LogP contribution >= 0.6 is 0 Å². The minimum absolute atomic E-state index is 0.137. The molecule has 0 saturated carbocycles. The molecule has 1 amide bonds. The predicted octanol–water partition coefficient (Wildman–Crippen LogP) is 4.45. The second-order valence-electron chi connectivity index (χ2n) is 7.48. The van der Waals surface area contributed by atoms with Gasteiger partial charge in [-0.3, -0.25) is 25.0 Å². The number of aryl methyl sites for hydroxylation is 2. The van der Waals surface area contributed by atoms with E-state index in [9.17, 15) is 25.0 Å². The average molecular weight is 494 g/mol. The first-order valence-corrected chi connectivity index (χ1v) is 10.5. The van der Waals surface area contributed by atoms with Crippen LogP contribution in [0.5, 0.6) is 23.0 Å². The topological polar surface area (TPSA) is 155 Å². The third-order valence-electron chi connectivity index (χ3n) is 4.92. The molecule has 36 heavy (non-hydrogen) atoms. The first-order chi connectivity index (χ1) is 17.2. The standard InChI is InChI=1S/C24H22N4O8/c1-15-5-4-6-16(2)24(15)35-14-23(29)26-25-13-17-7-9-21(22(11-17)34-3)36-20-10-8-18(27(30)31)12-19(20)28(32)33/h4-13H,14H2,1-3H3,(H,26,29). The molecule has 0 atom stereocenters. The van der Waals surface area contributed by atoms with E-state index >= 15 is 0 Å². The van der Waals surface area contributed by atoms with Gasteiger partial charge in [0.2, 0.25) is 5.75 Å². The highest BCUT2D eigenvalue weighted by molar-refractivity contribution is 5.83. The number of nitrogens with one attached hydrogen (secondary N) is 1. The van der Waals surface area contributed by atoms with Crippen molar-refractivity contribution in [2.75, 3.05) is 13.7 Å². The summed E-state index contributed by atoms with van der Waals surface area (Å²) in [6.07, 6.45) is 1.37. The van der Waals surface area contributed by atoms with Gasteiger partial charge in [0.25, 0.3) is 11.6 Å². The highest BCUT2D eigenvalue weighted by Gasteiger charge is 2.22. The quantitative estimate of drug-likeness (QED) is 0.246. The summed E-state index contributed by atoms with van der Waals surface area (Å²) in [5.74, 6) is 0.354. The van der Waals surface area contributed by atoms with E-state index in [-0.39, 0.29) is 23.9 Å². The highest BCUT2D eigenvalue weighted by Crippen LogP contribution is 2.38. The van der Waals surface area contributed by atoms with E-state index in [2.05, 4.69) is 10.5 Å². The van der Waals surface area contributed by atoms with Gasteiger partial charge in [0.05, 0.1) is 29.2 Å². The number of rotatable bonds is 10. The number of nitro groups is 2. The van der Waals surface area contributed by atoms with Gasteiger partial charge >= 0.3 is 5.69 Å². The van der Waals surface area contributed by atoms with E-state index in [1.807, 2.05) is 32.0 Å². The van der Waals surface area contributed by atoms with Crippen LogP contribution in [0.4, 0.5) is 11.4 Å². The Morgan fingerprint density at radius 3 is 2.31 bits per heavy atom. The van der Waals surface area contributed by atoms with E-state index in [0.29, 0.717) is 11.3 Å². The number of hydrogen-bond donors (Lipinski definition) is 1. The SMILES string of the molecule is COc1cc(C=NNC(=O)COc2c(C)cccc2C)ccc1Oc1ccc([N+](=O)[O-])cc1[N+](=O)[O-]. The summed E-state index contributed by atoms with van der Waals surface area (Å²) in [5, 5.41) is 26.2.